The summed E-state index contributed by atoms with van der Waals surface area (Å²) >= 11 is 0. The van der Waals surface area contributed by atoms with Gasteiger partial charge < -0.3 is 0 Å². The number of hydrogen-bond acceptors (Lipinski definition) is 1. The van der Waals surface area contributed by atoms with Gasteiger partial charge in [-0.25, -0.2) is 0 Å². The number of ketones is 1. The normalized spacial score (nSPS) is 11.6. The summed E-state index contributed by atoms with van der Waals surface area (Å²) < 4.78 is 0. The van der Waals surface area contributed by atoms with E-state index in [0.717, 1.165) is 22.3 Å². The van der Waals surface area contributed by atoms with Gasteiger partial charge in [-0.1, -0.05) is 48.5 Å². The maximum absolute atomic E-state index is 11.9. The van der Waals surface area contributed by atoms with Gasteiger partial charge in [-0.2, -0.15) is 0 Å². The molecule has 0 saturated heterocycles. The Morgan fingerprint density at radius 2 is 0.933 bits per heavy atom. The summed E-state index contributed by atoms with van der Waals surface area (Å²) in [5.74, 6) is 0.149. The third-order valence-electron chi connectivity index (χ3n) is 2.63. The van der Waals surface area contributed by atoms with Crippen LogP contribution in [0.4, 0.5) is 0 Å². The minimum atomic E-state index is 0. The largest absolute Gasteiger partial charge is 0.289 e. The molecular formula is C13H8OPd. The summed E-state index contributed by atoms with van der Waals surface area (Å²) in [6, 6.07) is 15.5. The molecule has 0 aromatic heterocycles. The summed E-state index contributed by atoms with van der Waals surface area (Å²) in [6.45, 7) is 0. The van der Waals surface area contributed by atoms with Crippen LogP contribution in [0.25, 0.3) is 11.1 Å². The maximum Gasteiger partial charge on any atom is 0.194 e. The van der Waals surface area contributed by atoms with Gasteiger partial charge in [0.15, 0.2) is 5.78 Å². The monoisotopic (exact) mass is 286 g/mol. The van der Waals surface area contributed by atoms with Crippen molar-refractivity contribution in [3.63, 3.8) is 0 Å². The number of hydrogen-bond donors (Lipinski definition) is 0. The third kappa shape index (κ3) is 1.38. The standard InChI is InChI=1S/C13H8O.Pd/c14-13-11-7-3-1-5-9(11)10-6-2-4-8-12(10)13;/h1-8H;. The molecule has 0 atom stereocenters. The molecule has 0 saturated carbocycles. The van der Waals surface area contributed by atoms with Crippen LogP contribution in [-0.2, 0) is 20.4 Å². The average Bonchev–Trinajstić information content (AvgIpc) is 2.55. The molecule has 1 aliphatic rings. The molecule has 2 aromatic rings. The molecule has 1 aliphatic carbocycles. The van der Waals surface area contributed by atoms with Crippen LogP contribution < -0.4 is 0 Å². The molecule has 0 heterocycles. The zero-order valence-corrected chi connectivity index (χ0v) is 9.40. The van der Waals surface area contributed by atoms with Crippen LogP contribution in [0.3, 0.4) is 0 Å². The second-order valence-electron chi connectivity index (χ2n) is 3.42. The van der Waals surface area contributed by atoms with Crippen molar-refractivity contribution in [2.45, 2.75) is 0 Å². The number of fused-ring (bicyclic) bond motifs is 3. The smallest absolute Gasteiger partial charge is 0.194 e. The summed E-state index contributed by atoms with van der Waals surface area (Å²) in [4.78, 5) is 11.9. The van der Waals surface area contributed by atoms with Crippen LogP contribution >= 0.6 is 0 Å². The maximum atomic E-state index is 11.9. The van der Waals surface area contributed by atoms with Crippen molar-refractivity contribution in [3.05, 3.63) is 59.7 Å². The molecule has 0 amide bonds. The molecule has 1 nitrogen and oxygen atoms in total. The van der Waals surface area contributed by atoms with Crippen molar-refractivity contribution >= 4 is 5.78 Å². The van der Waals surface area contributed by atoms with E-state index in [-0.39, 0.29) is 26.2 Å². The Balaban J connectivity index is 0.000000853. The average molecular weight is 287 g/mol. The predicted molar refractivity (Wildman–Crippen MR) is 55.3 cm³/mol. The Morgan fingerprint density at radius 3 is 1.33 bits per heavy atom. The molecule has 0 N–H and O–H groups in total. The van der Waals surface area contributed by atoms with Crippen molar-refractivity contribution in [1.82, 2.24) is 0 Å². The van der Waals surface area contributed by atoms with Crippen LogP contribution in [-0.4, -0.2) is 5.78 Å². The Bertz CT molecular complexity index is 484. The van der Waals surface area contributed by atoms with Gasteiger partial charge in [-0.3, -0.25) is 4.79 Å². The zero-order chi connectivity index (χ0) is 9.54. The summed E-state index contributed by atoms with van der Waals surface area (Å²) in [7, 11) is 0. The van der Waals surface area contributed by atoms with Crippen LogP contribution in [0.5, 0.6) is 0 Å². The minimum Gasteiger partial charge on any atom is -0.289 e. The van der Waals surface area contributed by atoms with Gasteiger partial charge in [0.25, 0.3) is 0 Å². The van der Waals surface area contributed by atoms with Gasteiger partial charge in [0.05, 0.1) is 0 Å². The predicted octanol–water partition coefficient (Wildman–Crippen LogP) is 2.90. The molecule has 2 aromatic carbocycles. The molecule has 0 radical (unpaired) electrons. The van der Waals surface area contributed by atoms with Crippen molar-refractivity contribution in [1.29, 1.82) is 0 Å². The molecule has 0 spiro atoms. The fourth-order valence-electron chi connectivity index (χ4n) is 1.98. The van der Waals surface area contributed by atoms with Crippen molar-refractivity contribution in [3.8, 4) is 11.1 Å². The molecular weight excluding hydrogens is 279 g/mol. The van der Waals surface area contributed by atoms with E-state index in [0.29, 0.717) is 0 Å². The van der Waals surface area contributed by atoms with Gasteiger partial charge in [0.1, 0.15) is 0 Å². The van der Waals surface area contributed by atoms with Crippen LogP contribution in [0.2, 0.25) is 0 Å². The van der Waals surface area contributed by atoms with Crippen LogP contribution in [0.1, 0.15) is 15.9 Å². The van der Waals surface area contributed by atoms with E-state index in [1.54, 1.807) is 0 Å². The van der Waals surface area contributed by atoms with Gasteiger partial charge in [0, 0.05) is 31.5 Å². The first-order valence-electron chi connectivity index (χ1n) is 4.61. The van der Waals surface area contributed by atoms with Gasteiger partial charge in [0.2, 0.25) is 0 Å². The fourth-order valence-corrected chi connectivity index (χ4v) is 1.98. The molecule has 76 valence electrons. The molecule has 3 rings (SSSR count). The molecule has 0 fully saturated rings. The SMILES string of the molecule is O=C1c2ccccc2-c2ccccc21.[Pd]. The van der Waals surface area contributed by atoms with E-state index >= 15 is 0 Å². The van der Waals surface area contributed by atoms with Crippen LogP contribution in [0, 0.1) is 0 Å². The number of benzene rings is 2. The minimum absolute atomic E-state index is 0. The zero-order valence-electron chi connectivity index (χ0n) is 7.84. The quantitative estimate of drug-likeness (QED) is 0.581. The van der Waals surface area contributed by atoms with Crippen LogP contribution in [0.15, 0.2) is 48.5 Å². The Labute approximate surface area is 102 Å². The Morgan fingerprint density at radius 1 is 0.600 bits per heavy atom. The van der Waals surface area contributed by atoms with E-state index < -0.39 is 0 Å². The molecule has 2 heteroatoms. The topological polar surface area (TPSA) is 17.1 Å². The van der Waals surface area contributed by atoms with E-state index in [2.05, 4.69) is 0 Å². The van der Waals surface area contributed by atoms with Gasteiger partial charge in [-0.05, 0) is 11.1 Å². The molecule has 0 aliphatic heterocycles. The third-order valence-corrected chi connectivity index (χ3v) is 2.63. The Hall–Kier alpha value is -1.23. The number of carbonyl (C=O) groups is 1. The second kappa shape index (κ2) is 3.73. The van der Waals surface area contributed by atoms with E-state index in [4.69, 9.17) is 0 Å². The summed E-state index contributed by atoms with van der Waals surface area (Å²) in [5, 5.41) is 0. The number of rotatable bonds is 0. The van der Waals surface area contributed by atoms with E-state index in [1.807, 2.05) is 48.5 Å². The molecule has 15 heavy (non-hydrogen) atoms. The first kappa shape index (κ1) is 10.3. The van der Waals surface area contributed by atoms with E-state index in [9.17, 15) is 4.79 Å². The van der Waals surface area contributed by atoms with Crippen molar-refractivity contribution in [2.24, 2.45) is 0 Å². The van der Waals surface area contributed by atoms with Gasteiger partial charge >= 0.3 is 0 Å². The summed E-state index contributed by atoms with van der Waals surface area (Å²) in [5.41, 5.74) is 3.78. The molecule has 0 unspecified atom stereocenters. The van der Waals surface area contributed by atoms with Crippen molar-refractivity contribution in [2.75, 3.05) is 0 Å². The summed E-state index contributed by atoms with van der Waals surface area (Å²) in [6.07, 6.45) is 0. The second-order valence-corrected chi connectivity index (χ2v) is 3.42. The number of carbonyl (C=O) groups excluding carboxylic acids is 1. The van der Waals surface area contributed by atoms with E-state index in [1.165, 1.54) is 0 Å². The van der Waals surface area contributed by atoms with Gasteiger partial charge in [-0.15, -0.1) is 0 Å². The molecule has 0 bridgehead atoms. The first-order valence-corrected chi connectivity index (χ1v) is 4.61. The van der Waals surface area contributed by atoms with Crippen molar-refractivity contribution < 1.29 is 25.2 Å². The Kier molecular flexibility index (Phi) is 2.56. The first-order chi connectivity index (χ1) is 6.88. The fraction of sp³-hybridized carbons (Fsp3) is 0.